The minimum Gasteiger partial charge on any atom is -0.378 e. The fourth-order valence-corrected chi connectivity index (χ4v) is 6.94. The molecular formula is C33H39NOS. The number of hydrogen-bond acceptors (Lipinski definition) is 2. The van der Waals surface area contributed by atoms with E-state index >= 15 is 0 Å². The molecule has 0 heterocycles. The highest BCUT2D eigenvalue weighted by atomic mass is 32.2. The monoisotopic (exact) mass is 497 g/mol. The molecule has 3 heteroatoms. The highest BCUT2D eigenvalue weighted by molar-refractivity contribution is 7.85. The first kappa shape index (κ1) is 26.2. The molecule has 0 amide bonds. The number of hydrogen-bond donors (Lipinski definition) is 1. The lowest BCUT2D eigenvalue weighted by atomic mass is 9.89. The molecule has 0 aliphatic carbocycles. The van der Waals surface area contributed by atoms with Gasteiger partial charge in [0.2, 0.25) is 0 Å². The highest BCUT2D eigenvalue weighted by Crippen LogP contribution is 2.40. The van der Waals surface area contributed by atoms with E-state index in [9.17, 15) is 4.21 Å². The van der Waals surface area contributed by atoms with Crippen LogP contribution in [0.2, 0.25) is 0 Å². The van der Waals surface area contributed by atoms with Gasteiger partial charge in [-0.1, -0.05) is 108 Å². The van der Waals surface area contributed by atoms with Crippen LogP contribution in [-0.2, 0) is 10.8 Å². The van der Waals surface area contributed by atoms with Gasteiger partial charge in [0.25, 0.3) is 0 Å². The lowest BCUT2D eigenvalue weighted by Gasteiger charge is -2.25. The van der Waals surface area contributed by atoms with Gasteiger partial charge in [0.15, 0.2) is 0 Å². The molecule has 0 aromatic heterocycles. The van der Waals surface area contributed by atoms with Gasteiger partial charge in [-0.15, -0.1) is 0 Å². The Morgan fingerprint density at radius 3 is 1.78 bits per heavy atom. The number of anilines is 1. The van der Waals surface area contributed by atoms with E-state index in [2.05, 4.69) is 114 Å². The predicted molar refractivity (Wildman–Crippen MR) is 156 cm³/mol. The summed E-state index contributed by atoms with van der Waals surface area (Å²) >= 11 is 0. The van der Waals surface area contributed by atoms with Gasteiger partial charge < -0.3 is 5.32 Å². The Morgan fingerprint density at radius 1 is 0.611 bits per heavy atom. The van der Waals surface area contributed by atoms with Gasteiger partial charge in [-0.3, -0.25) is 0 Å². The molecule has 0 aliphatic rings. The molecule has 0 spiro atoms. The van der Waals surface area contributed by atoms with Gasteiger partial charge in [-0.2, -0.15) is 0 Å². The Bertz CT molecular complexity index is 1340. The molecule has 36 heavy (non-hydrogen) atoms. The fourth-order valence-electron chi connectivity index (χ4n) is 4.88. The summed E-state index contributed by atoms with van der Waals surface area (Å²) in [6.45, 7) is 15.5. The summed E-state index contributed by atoms with van der Waals surface area (Å²) < 4.78 is 14.9. The number of benzene rings is 4. The van der Waals surface area contributed by atoms with E-state index in [0.717, 1.165) is 31.8 Å². The molecule has 0 radical (unpaired) electrons. The first-order valence-electron chi connectivity index (χ1n) is 13.1. The Labute approximate surface area is 219 Å². The van der Waals surface area contributed by atoms with Crippen molar-refractivity contribution in [1.29, 1.82) is 0 Å². The number of nitrogens with one attached hydrogen (secondary N) is 1. The lowest BCUT2D eigenvalue weighted by molar-refractivity contribution is 0.674. The Hall–Kier alpha value is -2.91. The summed E-state index contributed by atoms with van der Waals surface area (Å²) in [6, 6.07) is 27.5. The summed E-state index contributed by atoms with van der Waals surface area (Å²) in [5.41, 5.74) is 5.85. The predicted octanol–water partition coefficient (Wildman–Crippen LogP) is 9.55. The largest absolute Gasteiger partial charge is 0.378 e. The van der Waals surface area contributed by atoms with Crippen molar-refractivity contribution in [3.8, 4) is 0 Å². The molecule has 0 bridgehead atoms. The summed E-state index contributed by atoms with van der Waals surface area (Å²) in [5, 5.41) is 5.81. The molecular weight excluding hydrogens is 458 g/mol. The fraction of sp³-hybridized carbons (Fsp3) is 0.333. The maximum Gasteiger partial charge on any atom is 0.0865 e. The topological polar surface area (TPSA) is 29.1 Å². The van der Waals surface area contributed by atoms with Crippen molar-refractivity contribution in [3.63, 3.8) is 0 Å². The van der Waals surface area contributed by atoms with E-state index in [1.165, 1.54) is 16.7 Å². The molecule has 4 rings (SSSR count). The van der Waals surface area contributed by atoms with Crippen LogP contribution >= 0.6 is 0 Å². The molecule has 188 valence electrons. The Morgan fingerprint density at radius 2 is 1.19 bits per heavy atom. The van der Waals surface area contributed by atoms with Crippen LogP contribution in [0, 0.1) is 0 Å². The molecule has 0 saturated heterocycles. The van der Waals surface area contributed by atoms with Crippen molar-refractivity contribution in [3.05, 3.63) is 101 Å². The zero-order valence-corrected chi connectivity index (χ0v) is 23.4. The summed E-state index contributed by atoms with van der Waals surface area (Å²) in [5.74, 6) is 0.975. The maximum atomic E-state index is 14.9. The molecule has 4 aromatic rings. The van der Waals surface area contributed by atoms with E-state index in [-0.39, 0.29) is 17.9 Å². The van der Waals surface area contributed by atoms with E-state index in [1.807, 2.05) is 18.2 Å². The third-order valence-electron chi connectivity index (χ3n) is 6.98. The molecule has 0 fully saturated rings. The Kier molecular flexibility index (Phi) is 8.00. The van der Waals surface area contributed by atoms with E-state index in [1.54, 1.807) is 0 Å². The SMILES string of the molecule is CC(C)c1cc(C(C)C)c(S(=O)c2c([C@@H](C)Nc3ccccc3)ccc3ccccc23)c(C(C)C)c1. The first-order valence-corrected chi connectivity index (χ1v) is 14.3. The average Bonchev–Trinajstić information content (AvgIpc) is 2.87. The van der Waals surface area contributed by atoms with Crippen molar-refractivity contribution >= 4 is 27.3 Å². The highest BCUT2D eigenvalue weighted by Gasteiger charge is 2.26. The third-order valence-corrected chi connectivity index (χ3v) is 8.65. The van der Waals surface area contributed by atoms with Crippen LogP contribution in [0.1, 0.15) is 94.5 Å². The minimum absolute atomic E-state index is 0.00380. The standard InChI is InChI=1S/C33H39NOS/c1-21(2)26-19-30(22(3)4)33(31(20-26)23(5)6)36(35)32-28(18-17-25-13-11-12-16-29(25)32)24(7)34-27-14-9-8-10-15-27/h8-24,34H,1-7H3/t24-,36?/m1/s1. The molecule has 0 saturated carbocycles. The van der Waals surface area contributed by atoms with Crippen molar-refractivity contribution < 1.29 is 4.21 Å². The molecule has 4 aromatic carbocycles. The zero-order valence-electron chi connectivity index (χ0n) is 22.6. The smallest absolute Gasteiger partial charge is 0.0865 e. The normalized spacial score (nSPS) is 13.5. The number of fused-ring (bicyclic) bond motifs is 1. The first-order chi connectivity index (χ1) is 17.2. The van der Waals surface area contributed by atoms with Crippen molar-refractivity contribution in [2.45, 2.75) is 82.1 Å². The second-order valence-electron chi connectivity index (χ2n) is 10.7. The van der Waals surface area contributed by atoms with Gasteiger partial charge in [0, 0.05) is 11.7 Å². The Balaban J connectivity index is 1.97. The van der Waals surface area contributed by atoms with Crippen LogP contribution < -0.4 is 5.32 Å². The average molecular weight is 498 g/mol. The maximum absolute atomic E-state index is 14.9. The van der Waals surface area contributed by atoms with E-state index in [4.69, 9.17) is 0 Å². The summed E-state index contributed by atoms with van der Waals surface area (Å²) in [6.07, 6.45) is 0. The van der Waals surface area contributed by atoms with Crippen LogP contribution in [0.4, 0.5) is 5.69 Å². The third kappa shape index (κ3) is 5.27. The van der Waals surface area contributed by atoms with E-state index < -0.39 is 10.8 Å². The van der Waals surface area contributed by atoms with Gasteiger partial charge in [-0.25, -0.2) is 4.21 Å². The van der Waals surface area contributed by atoms with Crippen molar-refractivity contribution in [2.24, 2.45) is 0 Å². The van der Waals surface area contributed by atoms with Crippen LogP contribution in [0.15, 0.2) is 88.7 Å². The van der Waals surface area contributed by atoms with Gasteiger partial charge >= 0.3 is 0 Å². The van der Waals surface area contributed by atoms with Crippen molar-refractivity contribution in [2.75, 3.05) is 5.32 Å². The molecule has 1 N–H and O–H groups in total. The van der Waals surface area contributed by atoms with Crippen LogP contribution in [-0.4, -0.2) is 4.21 Å². The number of para-hydroxylation sites is 1. The summed E-state index contributed by atoms with van der Waals surface area (Å²) in [4.78, 5) is 1.92. The van der Waals surface area contributed by atoms with E-state index in [0.29, 0.717) is 5.92 Å². The van der Waals surface area contributed by atoms with Crippen LogP contribution in [0.5, 0.6) is 0 Å². The quantitative estimate of drug-likeness (QED) is 0.262. The van der Waals surface area contributed by atoms with Gasteiger partial charge in [-0.05, 0) is 69.8 Å². The van der Waals surface area contributed by atoms with Crippen molar-refractivity contribution in [1.82, 2.24) is 0 Å². The van der Waals surface area contributed by atoms with Crippen LogP contribution in [0.25, 0.3) is 10.8 Å². The molecule has 2 atom stereocenters. The van der Waals surface area contributed by atoms with Crippen LogP contribution in [0.3, 0.4) is 0 Å². The lowest BCUT2D eigenvalue weighted by Crippen LogP contribution is -2.13. The number of rotatable bonds is 8. The molecule has 1 unspecified atom stereocenters. The molecule has 0 aliphatic heterocycles. The van der Waals surface area contributed by atoms with Gasteiger partial charge in [0.1, 0.15) is 0 Å². The second kappa shape index (κ2) is 11.0. The second-order valence-corrected chi connectivity index (χ2v) is 12.1. The van der Waals surface area contributed by atoms with Gasteiger partial charge in [0.05, 0.1) is 20.6 Å². The summed E-state index contributed by atoms with van der Waals surface area (Å²) in [7, 11) is -1.34. The minimum atomic E-state index is -1.34. The molecule has 2 nitrogen and oxygen atoms in total. The zero-order chi connectivity index (χ0) is 26.0.